The second-order valence-corrected chi connectivity index (χ2v) is 10.4. The molecule has 0 spiro atoms. The first-order valence-corrected chi connectivity index (χ1v) is 12.3. The molecule has 0 bridgehead atoms. The molecular formula is C19H29N3O7S2. The van der Waals surface area contributed by atoms with Crippen LogP contribution in [0.25, 0.3) is 0 Å². The summed E-state index contributed by atoms with van der Waals surface area (Å²) in [5.41, 5.74) is -0.00178. The van der Waals surface area contributed by atoms with Crippen LogP contribution in [0.4, 0.5) is 0 Å². The van der Waals surface area contributed by atoms with E-state index in [0.29, 0.717) is 17.9 Å². The molecule has 0 aromatic rings. The van der Waals surface area contributed by atoms with Crippen molar-refractivity contribution in [2.45, 2.75) is 55.2 Å². The van der Waals surface area contributed by atoms with Gasteiger partial charge in [0.05, 0.1) is 29.9 Å². The molecule has 0 aromatic carbocycles. The molecule has 0 saturated carbocycles. The summed E-state index contributed by atoms with van der Waals surface area (Å²) < 4.78 is 0. The van der Waals surface area contributed by atoms with Crippen molar-refractivity contribution >= 4 is 41.3 Å². The molecule has 2 saturated heterocycles. The summed E-state index contributed by atoms with van der Waals surface area (Å²) >= 11 is 2.74. The maximum Gasteiger partial charge on any atom is 0.353 e. The molecule has 2 unspecified atom stereocenters. The number of nitrogens with one attached hydrogen (secondary N) is 2. The summed E-state index contributed by atoms with van der Waals surface area (Å²) in [6, 6.07) is -0.538. The van der Waals surface area contributed by atoms with E-state index in [9.17, 15) is 29.7 Å². The number of aliphatic hydroxyl groups excluding tert-OH is 3. The number of carboxylic acid groups (broad SMARTS) is 1. The fraction of sp³-hybridized carbons (Fsp3) is 0.737. The van der Waals surface area contributed by atoms with Crippen LogP contribution in [0.5, 0.6) is 0 Å². The molecule has 3 rings (SSSR count). The van der Waals surface area contributed by atoms with Gasteiger partial charge in [0.15, 0.2) is 0 Å². The van der Waals surface area contributed by atoms with Crippen molar-refractivity contribution < 1.29 is 34.8 Å². The molecule has 2 amide bonds. The summed E-state index contributed by atoms with van der Waals surface area (Å²) in [7, 11) is 0. The van der Waals surface area contributed by atoms with Gasteiger partial charge in [0.2, 0.25) is 11.8 Å². The van der Waals surface area contributed by atoms with Gasteiger partial charge < -0.3 is 36.0 Å². The molecule has 174 valence electrons. The van der Waals surface area contributed by atoms with Gasteiger partial charge in [0, 0.05) is 28.7 Å². The second kappa shape index (κ2) is 9.67. The molecule has 3 aliphatic rings. The van der Waals surface area contributed by atoms with Gasteiger partial charge in [-0.15, -0.1) is 11.8 Å². The highest BCUT2D eigenvalue weighted by molar-refractivity contribution is 8.03. The highest BCUT2D eigenvalue weighted by Gasteiger charge is 2.60. The molecule has 0 aromatic heterocycles. The fourth-order valence-corrected chi connectivity index (χ4v) is 6.97. The maximum absolute atomic E-state index is 12.5. The van der Waals surface area contributed by atoms with Crippen LogP contribution in [0.3, 0.4) is 0 Å². The predicted octanol–water partition coefficient (Wildman–Crippen LogP) is -1.24. The van der Waals surface area contributed by atoms with Crippen LogP contribution in [0, 0.1) is 11.8 Å². The zero-order valence-corrected chi connectivity index (χ0v) is 19.2. The Morgan fingerprint density at radius 2 is 2.03 bits per heavy atom. The number of hydrogen-bond donors (Lipinski definition) is 6. The van der Waals surface area contributed by atoms with Crippen molar-refractivity contribution in [1.82, 2.24) is 15.5 Å². The summed E-state index contributed by atoms with van der Waals surface area (Å²) in [6.45, 7) is 3.41. The van der Waals surface area contributed by atoms with Crippen LogP contribution in [0.15, 0.2) is 10.6 Å². The zero-order valence-electron chi connectivity index (χ0n) is 17.5. The third kappa shape index (κ3) is 4.46. The van der Waals surface area contributed by atoms with E-state index in [1.54, 1.807) is 13.2 Å². The Hall–Kier alpha value is -1.31. The number of aliphatic hydroxyl groups is 3. The first kappa shape index (κ1) is 24.3. The van der Waals surface area contributed by atoms with E-state index in [1.807, 2.05) is 6.92 Å². The zero-order chi connectivity index (χ0) is 23.0. The Balaban J connectivity index is 1.71. The number of nitrogens with zero attached hydrogens (tertiary/aromatic N) is 1. The van der Waals surface area contributed by atoms with E-state index in [2.05, 4.69) is 10.6 Å². The van der Waals surface area contributed by atoms with Crippen LogP contribution in [0.2, 0.25) is 0 Å². The second-order valence-electron chi connectivity index (χ2n) is 8.13. The Bertz CT molecular complexity index is 778. The Kier molecular flexibility index (Phi) is 7.59. The van der Waals surface area contributed by atoms with Gasteiger partial charge in [-0.3, -0.25) is 9.59 Å². The summed E-state index contributed by atoms with van der Waals surface area (Å²) in [6.07, 6.45) is 0.220. The van der Waals surface area contributed by atoms with Crippen molar-refractivity contribution in [3.63, 3.8) is 0 Å². The third-order valence-corrected chi connectivity index (χ3v) is 8.65. The molecule has 10 nitrogen and oxygen atoms in total. The van der Waals surface area contributed by atoms with Crippen LogP contribution >= 0.6 is 23.5 Å². The van der Waals surface area contributed by atoms with Gasteiger partial charge in [-0.2, -0.15) is 11.8 Å². The molecular weight excluding hydrogens is 446 g/mol. The lowest BCUT2D eigenvalue weighted by atomic mass is 9.79. The summed E-state index contributed by atoms with van der Waals surface area (Å²) in [4.78, 5) is 38.7. The van der Waals surface area contributed by atoms with E-state index in [0.717, 1.165) is 0 Å². The number of carbonyl (C=O) groups excluding carboxylic acids is 2. The standard InChI is InChI=1S/C19H29N3O7S2/c1-7-13-12(8(2)24)18(27)22(13)14(19(28)29)15(7)31-9-4-10(20-5-9)16(30-3)17(26)21-11(25)6-23/h7-13,16,20,23-25H,4-6H2,1-3H3,(H,21,26)(H,28,29)/t7-,8-,9+,10+,11?,12-,13-,16?/m1/s1. The first-order chi connectivity index (χ1) is 14.6. The molecule has 0 aliphatic carbocycles. The molecule has 3 aliphatic heterocycles. The molecule has 0 radical (unpaired) electrons. The lowest BCUT2D eigenvalue weighted by Crippen LogP contribution is -2.63. The number of fused-ring (bicyclic) bond motifs is 1. The number of carboxylic acids is 1. The average molecular weight is 476 g/mol. The lowest BCUT2D eigenvalue weighted by molar-refractivity contribution is -0.163. The number of hydrogen-bond acceptors (Lipinski definition) is 9. The third-order valence-electron chi connectivity index (χ3n) is 6.09. The largest absolute Gasteiger partial charge is 0.477 e. The Morgan fingerprint density at radius 3 is 2.58 bits per heavy atom. The minimum absolute atomic E-state index is 0.000757. The number of thioether (sulfide) groups is 2. The highest BCUT2D eigenvalue weighted by atomic mass is 32.2. The monoisotopic (exact) mass is 475 g/mol. The number of β-lactam (4-membered cyclic amide) rings is 1. The van der Waals surface area contributed by atoms with Crippen LogP contribution in [0.1, 0.15) is 20.3 Å². The van der Waals surface area contributed by atoms with Crippen LogP contribution in [-0.4, -0.2) is 97.4 Å². The summed E-state index contributed by atoms with van der Waals surface area (Å²) in [5, 5.41) is 43.3. The molecule has 12 heteroatoms. The van der Waals surface area contributed by atoms with Crippen molar-refractivity contribution in [1.29, 1.82) is 0 Å². The minimum Gasteiger partial charge on any atom is -0.477 e. The topological polar surface area (TPSA) is 159 Å². The quantitative estimate of drug-likeness (QED) is 0.176. The SMILES string of the molecule is CSC(C(=O)NC(O)CO)[C@@H]1C[C@H](SC2=C(C(=O)O)N3C(=O)[C@H]([C@@H](C)O)[C@H]3[C@H]2C)CN1. The number of aliphatic carboxylic acids is 1. The van der Waals surface area contributed by atoms with E-state index >= 15 is 0 Å². The smallest absolute Gasteiger partial charge is 0.353 e. The molecule has 2 fully saturated rings. The first-order valence-electron chi connectivity index (χ1n) is 10.1. The van der Waals surface area contributed by atoms with E-state index in [4.69, 9.17) is 5.11 Å². The van der Waals surface area contributed by atoms with Gasteiger partial charge in [0.25, 0.3) is 0 Å². The van der Waals surface area contributed by atoms with E-state index in [1.165, 1.54) is 28.4 Å². The maximum atomic E-state index is 12.5. The van der Waals surface area contributed by atoms with Crippen molar-refractivity contribution in [3.05, 3.63) is 10.6 Å². The summed E-state index contributed by atoms with van der Waals surface area (Å²) in [5.74, 6) is -2.70. The molecule has 8 atom stereocenters. The average Bonchev–Trinajstić information content (AvgIpc) is 3.24. The minimum atomic E-state index is -1.32. The van der Waals surface area contributed by atoms with E-state index < -0.39 is 36.1 Å². The molecule has 6 N–H and O–H groups in total. The van der Waals surface area contributed by atoms with Crippen LogP contribution < -0.4 is 10.6 Å². The Morgan fingerprint density at radius 1 is 1.35 bits per heavy atom. The van der Waals surface area contributed by atoms with Crippen molar-refractivity contribution in [2.24, 2.45) is 11.8 Å². The Labute approximate surface area is 188 Å². The fourth-order valence-electron chi connectivity index (χ4n) is 4.66. The predicted molar refractivity (Wildman–Crippen MR) is 116 cm³/mol. The van der Waals surface area contributed by atoms with Crippen molar-refractivity contribution in [3.8, 4) is 0 Å². The number of amides is 2. The number of carbonyl (C=O) groups is 3. The van der Waals surface area contributed by atoms with Gasteiger partial charge in [0.1, 0.15) is 11.9 Å². The van der Waals surface area contributed by atoms with Gasteiger partial charge in [-0.25, -0.2) is 4.79 Å². The van der Waals surface area contributed by atoms with Crippen molar-refractivity contribution in [2.75, 3.05) is 19.4 Å². The number of rotatable bonds is 9. The molecule has 3 heterocycles. The van der Waals surface area contributed by atoms with Crippen LogP contribution in [-0.2, 0) is 14.4 Å². The highest BCUT2D eigenvalue weighted by Crippen LogP contribution is 2.51. The van der Waals surface area contributed by atoms with Gasteiger partial charge in [-0.1, -0.05) is 6.92 Å². The van der Waals surface area contributed by atoms with E-state index in [-0.39, 0.29) is 40.8 Å². The van der Waals surface area contributed by atoms with Gasteiger partial charge in [-0.05, 0) is 19.6 Å². The van der Waals surface area contributed by atoms with Gasteiger partial charge >= 0.3 is 5.97 Å². The normalized spacial score (nSPS) is 33.0. The molecule has 31 heavy (non-hydrogen) atoms. The lowest BCUT2D eigenvalue weighted by Gasteiger charge is -2.46.